The van der Waals surface area contributed by atoms with E-state index >= 15 is 0 Å². The molecule has 7 nitrogen and oxygen atoms in total. The van der Waals surface area contributed by atoms with Gasteiger partial charge in [-0.15, -0.1) is 0 Å². The average molecular weight is 405 g/mol. The molecule has 0 atom stereocenters. The Kier molecular flexibility index (Phi) is 7.06. The van der Waals surface area contributed by atoms with E-state index in [4.69, 9.17) is 4.74 Å². The number of nitrogens with one attached hydrogen (secondary N) is 1. The number of hydrogen-bond acceptors (Lipinski definition) is 5. The van der Waals surface area contributed by atoms with Crippen molar-refractivity contribution in [1.82, 2.24) is 9.03 Å². The molecule has 26 heavy (non-hydrogen) atoms. The van der Waals surface area contributed by atoms with Crippen molar-refractivity contribution in [1.29, 1.82) is 0 Å². The highest BCUT2D eigenvalue weighted by atomic mass is 32.2. The standard InChI is InChI=1S/C17H28N2O5S2/c1-4-11-24-17-6-5-16(12-14(17)2)26(22,23)18-13-15-7-9-19(10-8-15)25(3,20)21/h5-6,12,15,18H,4,7-11,13H2,1-3H3. The van der Waals surface area contributed by atoms with Gasteiger partial charge in [0.2, 0.25) is 20.0 Å². The van der Waals surface area contributed by atoms with Gasteiger partial charge in [-0.25, -0.2) is 25.9 Å². The molecule has 1 saturated heterocycles. The third-order valence-corrected chi connectivity index (χ3v) is 7.25. The summed E-state index contributed by atoms with van der Waals surface area (Å²) in [6.45, 7) is 5.62. The van der Waals surface area contributed by atoms with E-state index in [1.807, 2.05) is 13.8 Å². The van der Waals surface area contributed by atoms with Crippen molar-refractivity contribution in [3.63, 3.8) is 0 Å². The summed E-state index contributed by atoms with van der Waals surface area (Å²) in [6, 6.07) is 4.84. The number of hydrogen-bond donors (Lipinski definition) is 1. The first-order chi connectivity index (χ1) is 12.1. The highest BCUT2D eigenvalue weighted by molar-refractivity contribution is 7.89. The third-order valence-electron chi connectivity index (χ3n) is 4.52. The van der Waals surface area contributed by atoms with Gasteiger partial charge in [-0.3, -0.25) is 0 Å². The van der Waals surface area contributed by atoms with Crippen LogP contribution in [0.15, 0.2) is 23.1 Å². The van der Waals surface area contributed by atoms with E-state index < -0.39 is 20.0 Å². The van der Waals surface area contributed by atoms with Crippen LogP contribution in [0.4, 0.5) is 0 Å². The Morgan fingerprint density at radius 1 is 1.19 bits per heavy atom. The maximum atomic E-state index is 12.5. The molecule has 1 aromatic carbocycles. The fraction of sp³-hybridized carbons (Fsp3) is 0.647. The van der Waals surface area contributed by atoms with Crippen LogP contribution in [0.5, 0.6) is 5.75 Å². The van der Waals surface area contributed by atoms with E-state index in [0.29, 0.717) is 44.8 Å². The lowest BCUT2D eigenvalue weighted by molar-refractivity contribution is 0.275. The van der Waals surface area contributed by atoms with Gasteiger partial charge in [-0.2, -0.15) is 0 Å². The first-order valence-corrected chi connectivity index (χ1v) is 12.1. The van der Waals surface area contributed by atoms with Crippen molar-refractivity contribution in [2.24, 2.45) is 5.92 Å². The summed E-state index contributed by atoms with van der Waals surface area (Å²) in [4.78, 5) is 0.215. The summed E-state index contributed by atoms with van der Waals surface area (Å²) in [7, 11) is -6.77. The Morgan fingerprint density at radius 2 is 1.85 bits per heavy atom. The summed E-state index contributed by atoms with van der Waals surface area (Å²) in [5.41, 5.74) is 0.780. The number of aryl methyl sites for hydroxylation is 1. The van der Waals surface area contributed by atoms with Gasteiger partial charge in [0.05, 0.1) is 17.8 Å². The maximum absolute atomic E-state index is 12.5. The molecule has 1 aromatic rings. The van der Waals surface area contributed by atoms with Crippen LogP contribution in [0.25, 0.3) is 0 Å². The van der Waals surface area contributed by atoms with E-state index in [-0.39, 0.29) is 10.8 Å². The first-order valence-electron chi connectivity index (χ1n) is 8.81. The van der Waals surface area contributed by atoms with Crippen molar-refractivity contribution >= 4 is 20.0 Å². The van der Waals surface area contributed by atoms with Crippen molar-refractivity contribution in [3.8, 4) is 5.75 Å². The molecule has 1 heterocycles. The van der Waals surface area contributed by atoms with E-state index in [9.17, 15) is 16.8 Å². The second-order valence-corrected chi connectivity index (χ2v) is 10.5. The summed E-state index contributed by atoms with van der Waals surface area (Å²) in [5, 5.41) is 0. The van der Waals surface area contributed by atoms with Crippen molar-refractivity contribution in [2.75, 3.05) is 32.5 Å². The normalized spacial score (nSPS) is 17.3. The van der Waals surface area contributed by atoms with Gasteiger partial charge in [0.15, 0.2) is 0 Å². The van der Waals surface area contributed by atoms with Gasteiger partial charge >= 0.3 is 0 Å². The molecule has 148 valence electrons. The Hall–Kier alpha value is -1.16. The molecular weight excluding hydrogens is 376 g/mol. The van der Waals surface area contributed by atoms with Crippen molar-refractivity contribution in [3.05, 3.63) is 23.8 Å². The molecule has 1 N–H and O–H groups in total. The number of nitrogens with zero attached hydrogens (tertiary/aromatic N) is 1. The first kappa shape index (κ1) is 21.1. The second-order valence-electron chi connectivity index (χ2n) is 6.73. The van der Waals surface area contributed by atoms with Crippen LogP contribution in [0.2, 0.25) is 0 Å². The predicted octanol–water partition coefficient (Wildman–Crippen LogP) is 1.73. The van der Waals surface area contributed by atoms with Gasteiger partial charge in [-0.05, 0) is 55.9 Å². The number of benzene rings is 1. The molecule has 9 heteroatoms. The highest BCUT2D eigenvalue weighted by Crippen LogP contribution is 2.23. The lowest BCUT2D eigenvalue weighted by Gasteiger charge is -2.30. The number of piperidine rings is 1. The van der Waals surface area contributed by atoms with Crippen molar-refractivity contribution < 1.29 is 21.6 Å². The van der Waals surface area contributed by atoms with Crippen LogP contribution >= 0.6 is 0 Å². The Bertz CT molecular complexity index is 814. The minimum absolute atomic E-state index is 0.135. The van der Waals surface area contributed by atoms with Crippen LogP contribution in [0, 0.1) is 12.8 Å². The molecule has 1 aliphatic rings. The maximum Gasteiger partial charge on any atom is 0.240 e. The molecule has 0 bridgehead atoms. The minimum Gasteiger partial charge on any atom is -0.493 e. The van der Waals surface area contributed by atoms with Crippen molar-refractivity contribution in [2.45, 2.75) is 38.0 Å². The molecule has 0 saturated carbocycles. The summed E-state index contributed by atoms with van der Waals surface area (Å²) >= 11 is 0. The lowest BCUT2D eigenvalue weighted by Crippen LogP contribution is -2.41. The second kappa shape index (κ2) is 8.69. The van der Waals surface area contributed by atoms with Crippen LogP contribution in [0.1, 0.15) is 31.7 Å². The fourth-order valence-electron chi connectivity index (χ4n) is 2.92. The van der Waals surface area contributed by atoms with Crippen LogP contribution < -0.4 is 9.46 Å². The fourth-order valence-corrected chi connectivity index (χ4v) is 4.99. The number of sulfonamides is 2. The van der Waals surface area contributed by atoms with Crippen LogP contribution in [-0.2, 0) is 20.0 Å². The van der Waals surface area contributed by atoms with Gasteiger partial charge in [0.25, 0.3) is 0 Å². The van der Waals surface area contributed by atoms with Gasteiger partial charge in [0.1, 0.15) is 5.75 Å². The number of ether oxygens (including phenoxy) is 1. The molecule has 0 aromatic heterocycles. The van der Waals surface area contributed by atoms with Gasteiger partial charge < -0.3 is 4.74 Å². The number of rotatable bonds is 8. The minimum atomic E-state index is -3.60. The largest absolute Gasteiger partial charge is 0.493 e. The van der Waals surface area contributed by atoms with Crippen LogP contribution in [-0.4, -0.2) is 53.6 Å². The molecular formula is C17H28N2O5S2. The Morgan fingerprint density at radius 3 is 2.38 bits per heavy atom. The third kappa shape index (κ3) is 5.67. The van der Waals surface area contributed by atoms with E-state index in [1.165, 1.54) is 10.6 Å². The molecule has 0 radical (unpaired) electrons. The topological polar surface area (TPSA) is 92.8 Å². The zero-order valence-corrected chi connectivity index (χ0v) is 17.2. The van der Waals surface area contributed by atoms with Gasteiger partial charge in [0, 0.05) is 19.6 Å². The summed E-state index contributed by atoms with van der Waals surface area (Å²) in [6.07, 6.45) is 3.39. The zero-order chi connectivity index (χ0) is 19.4. The quantitative estimate of drug-likeness (QED) is 0.712. The molecule has 0 aliphatic carbocycles. The zero-order valence-electron chi connectivity index (χ0n) is 15.6. The van der Waals surface area contributed by atoms with E-state index in [1.54, 1.807) is 18.2 Å². The van der Waals surface area contributed by atoms with E-state index in [2.05, 4.69) is 4.72 Å². The Labute approximate surface area is 156 Å². The average Bonchev–Trinajstić information content (AvgIpc) is 2.58. The summed E-state index contributed by atoms with van der Waals surface area (Å²) in [5.74, 6) is 0.829. The molecule has 0 unspecified atom stereocenters. The predicted molar refractivity (Wildman–Crippen MR) is 101 cm³/mol. The molecule has 1 fully saturated rings. The molecule has 2 rings (SSSR count). The molecule has 0 spiro atoms. The lowest BCUT2D eigenvalue weighted by atomic mass is 9.99. The van der Waals surface area contributed by atoms with E-state index in [0.717, 1.165) is 12.0 Å². The molecule has 1 aliphatic heterocycles. The smallest absolute Gasteiger partial charge is 0.240 e. The van der Waals surface area contributed by atoms with Crippen LogP contribution in [0.3, 0.4) is 0 Å². The van der Waals surface area contributed by atoms with Gasteiger partial charge in [-0.1, -0.05) is 6.92 Å². The monoisotopic (exact) mass is 404 g/mol. The highest BCUT2D eigenvalue weighted by Gasteiger charge is 2.26. The SMILES string of the molecule is CCCOc1ccc(S(=O)(=O)NCC2CCN(S(C)(=O)=O)CC2)cc1C. The Balaban J connectivity index is 1.94. The summed E-state index contributed by atoms with van der Waals surface area (Å²) < 4.78 is 57.8. The molecule has 0 amide bonds.